The van der Waals surface area contributed by atoms with Crippen LogP contribution in [-0.4, -0.2) is 39.0 Å². The molecule has 0 bridgehead atoms. The van der Waals surface area contributed by atoms with Crippen LogP contribution < -0.4 is 5.32 Å². The number of nitrogens with one attached hydrogen (secondary N) is 1. The molecule has 148 valence electrons. The van der Waals surface area contributed by atoms with E-state index in [-0.39, 0.29) is 24.0 Å². The van der Waals surface area contributed by atoms with E-state index in [1.165, 1.54) is 5.56 Å². The van der Waals surface area contributed by atoms with Gasteiger partial charge in [-0.2, -0.15) is 0 Å². The Morgan fingerprint density at radius 2 is 1.89 bits per heavy atom. The van der Waals surface area contributed by atoms with Crippen molar-refractivity contribution < 1.29 is 0 Å². The van der Waals surface area contributed by atoms with E-state index < -0.39 is 0 Å². The Morgan fingerprint density at radius 3 is 2.50 bits per heavy atom. The third kappa shape index (κ3) is 5.79. The molecule has 6 nitrogen and oxygen atoms in total. The maximum Gasteiger partial charge on any atom is 0.194 e. The first kappa shape index (κ1) is 21.9. The van der Waals surface area contributed by atoms with Crippen molar-refractivity contribution in [2.75, 3.05) is 13.6 Å². The third-order valence-corrected chi connectivity index (χ3v) is 4.25. The second-order valence-corrected chi connectivity index (χ2v) is 6.38. The van der Waals surface area contributed by atoms with Crippen LogP contribution in [0.1, 0.15) is 23.9 Å². The maximum absolute atomic E-state index is 4.76. The lowest BCUT2D eigenvalue weighted by Crippen LogP contribution is -2.38. The van der Waals surface area contributed by atoms with Crippen LogP contribution in [0.2, 0.25) is 0 Å². The van der Waals surface area contributed by atoms with Crippen LogP contribution in [0.15, 0.2) is 66.0 Å². The van der Waals surface area contributed by atoms with Crippen LogP contribution in [0.5, 0.6) is 0 Å². The molecule has 2 aromatic heterocycles. The van der Waals surface area contributed by atoms with Gasteiger partial charge in [-0.3, -0.25) is 4.57 Å². The highest BCUT2D eigenvalue weighted by molar-refractivity contribution is 14.0. The van der Waals surface area contributed by atoms with Crippen LogP contribution >= 0.6 is 24.0 Å². The van der Waals surface area contributed by atoms with Crippen molar-refractivity contribution in [2.45, 2.75) is 26.9 Å². The van der Waals surface area contributed by atoms with Crippen molar-refractivity contribution in [3.8, 4) is 5.82 Å². The Hall–Kier alpha value is -2.42. The molecule has 0 saturated heterocycles. The fourth-order valence-corrected chi connectivity index (χ4v) is 2.84. The Bertz CT molecular complexity index is 873. The Labute approximate surface area is 183 Å². The van der Waals surface area contributed by atoms with E-state index in [9.17, 15) is 0 Å². The number of rotatable bonds is 6. The smallest absolute Gasteiger partial charge is 0.194 e. The normalized spacial score (nSPS) is 11.0. The van der Waals surface area contributed by atoms with Crippen molar-refractivity contribution in [1.29, 1.82) is 0 Å². The van der Waals surface area contributed by atoms with Gasteiger partial charge in [0.25, 0.3) is 0 Å². The monoisotopic (exact) mass is 490 g/mol. The molecule has 0 fully saturated rings. The number of guanidine groups is 1. The number of aromatic nitrogens is 3. The van der Waals surface area contributed by atoms with Crippen molar-refractivity contribution in [1.82, 2.24) is 24.8 Å². The van der Waals surface area contributed by atoms with Crippen LogP contribution in [0.3, 0.4) is 0 Å². The molecule has 0 aliphatic rings. The summed E-state index contributed by atoms with van der Waals surface area (Å²) in [5.74, 6) is 2.67. The summed E-state index contributed by atoms with van der Waals surface area (Å²) in [6.45, 7) is 6.26. The molecule has 0 atom stereocenters. The zero-order valence-electron chi connectivity index (χ0n) is 16.5. The standard InChI is InChI=1S/C21H26N6.HI/c1-4-22-21(26(3)16-18-8-6-5-7-9-18)25-15-19-10-11-20(24-14-19)27-13-12-23-17(27)2;/h5-14H,4,15-16H2,1-3H3,(H,22,25);1H. The van der Waals surface area contributed by atoms with Gasteiger partial charge in [0.05, 0.1) is 6.54 Å². The molecular formula is C21H27IN6. The van der Waals surface area contributed by atoms with Gasteiger partial charge in [0.1, 0.15) is 11.6 Å². The average Bonchev–Trinajstić information content (AvgIpc) is 3.12. The van der Waals surface area contributed by atoms with E-state index in [1.807, 2.05) is 36.0 Å². The van der Waals surface area contributed by atoms with Crippen molar-refractivity contribution in [2.24, 2.45) is 4.99 Å². The van der Waals surface area contributed by atoms with Crippen molar-refractivity contribution in [3.05, 3.63) is 78.0 Å². The molecule has 0 aliphatic heterocycles. The van der Waals surface area contributed by atoms with Gasteiger partial charge in [0.15, 0.2) is 5.96 Å². The lowest BCUT2D eigenvalue weighted by molar-refractivity contribution is 0.477. The highest BCUT2D eigenvalue weighted by Gasteiger charge is 2.07. The number of imidazole rings is 1. The van der Waals surface area contributed by atoms with Gasteiger partial charge >= 0.3 is 0 Å². The van der Waals surface area contributed by atoms with E-state index in [2.05, 4.69) is 64.5 Å². The summed E-state index contributed by atoms with van der Waals surface area (Å²) < 4.78 is 1.96. The average molecular weight is 490 g/mol. The minimum atomic E-state index is 0. The zero-order chi connectivity index (χ0) is 19.1. The van der Waals surface area contributed by atoms with E-state index in [0.717, 1.165) is 36.3 Å². The first-order chi connectivity index (χ1) is 13.2. The van der Waals surface area contributed by atoms with Crippen LogP contribution in [-0.2, 0) is 13.1 Å². The molecule has 0 amide bonds. The third-order valence-electron chi connectivity index (χ3n) is 4.25. The molecule has 3 aromatic rings. The first-order valence-corrected chi connectivity index (χ1v) is 9.16. The van der Waals surface area contributed by atoms with Gasteiger partial charge in [-0.15, -0.1) is 24.0 Å². The highest BCUT2D eigenvalue weighted by Crippen LogP contribution is 2.09. The van der Waals surface area contributed by atoms with Crippen LogP contribution in [0, 0.1) is 6.92 Å². The quantitative estimate of drug-likeness (QED) is 0.325. The van der Waals surface area contributed by atoms with Crippen molar-refractivity contribution >= 4 is 29.9 Å². The van der Waals surface area contributed by atoms with E-state index in [4.69, 9.17) is 4.99 Å². The summed E-state index contributed by atoms with van der Waals surface area (Å²) in [4.78, 5) is 15.7. The number of nitrogens with zero attached hydrogens (tertiary/aromatic N) is 5. The summed E-state index contributed by atoms with van der Waals surface area (Å²) in [5.41, 5.74) is 2.33. The molecule has 3 rings (SSSR count). The van der Waals surface area contributed by atoms with Gasteiger partial charge in [-0.05, 0) is 31.0 Å². The number of aliphatic imine (C=N–C) groups is 1. The Morgan fingerprint density at radius 1 is 1.11 bits per heavy atom. The van der Waals surface area contributed by atoms with E-state index in [0.29, 0.717) is 6.54 Å². The second kappa shape index (κ2) is 10.8. The van der Waals surface area contributed by atoms with Crippen LogP contribution in [0.25, 0.3) is 5.82 Å². The molecule has 2 heterocycles. The minimum Gasteiger partial charge on any atom is -0.357 e. The number of aryl methyl sites for hydroxylation is 1. The highest BCUT2D eigenvalue weighted by atomic mass is 127. The maximum atomic E-state index is 4.76. The van der Waals surface area contributed by atoms with Crippen LogP contribution in [0.4, 0.5) is 0 Å². The Kier molecular flexibility index (Phi) is 8.43. The molecule has 28 heavy (non-hydrogen) atoms. The number of benzene rings is 1. The van der Waals surface area contributed by atoms with Crippen molar-refractivity contribution in [3.63, 3.8) is 0 Å². The molecule has 7 heteroatoms. The van der Waals surface area contributed by atoms with Gasteiger partial charge in [-0.25, -0.2) is 15.0 Å². The predicted octanol–water partition coefficient (Wildman–Crippen LogP) is 3.79. The van der Waals surface area contributed by atoms with E-state index in [1.54, 1.807) is 6.20 Å². The second-order valence-electron chi connectivity index (χ2n) is 6.38. The first-order valence-electron chi connectivity index (χ1n) is 9.16. The van der Waals surface area contributed by atoms with E-state index >= 15 is 0 Å². The lowest BCUT2D eigenvalue weighted by atomic mass is 10.2. The SMILES string of the molecule is CCNC(=NCc1ccc(-n2ccnc2C)nc1)N(C)Cc1ccccc1.I. The molecule has 0 spiro atoms. The topological polar surface area (TPSA) is 58.3 Å². The number of hydrogen-bond donors (Lipinski definition) is 1. The lowest BCUT2D eigenvalue weighted by Gasteiger charge is -2.22. The molecule has 1 N–H and O–H groups in total. The van der Waals surface area contributed by atoms with Gasteiger partial charge in [0, 0.05) is 38.7 Å². The van der Waals surface area contributed by atoms with Gasteiger partial charge < -0.3 is 10.2 Å². The molecule has 0 saturated carbocycles. The van der Waals surface area contributed by atoms with Gasteiger partial charge in [0.2, 0.25) is 0 Å². The molecule has 0 unspecified atom stereocenters. The summed E-state index contributed by atoms with van der Waals surface area (Å²) in [5, 5.41) is 3.36. The number of halogens is 1. The van der Waals surface area contributed by atoms with Gasteiger partial charge in [-0.1, -0.05) is 36.4 Å². The molecule has 0 radical (unpaired) electrons. The molecular weight excluding hydrogens is 463 g/mol. The summed E-state index contributed by atoms with van der Waals surface area (Å²) in [6, 6.07) is 14.5. The zero-order valence-corrected chi connectivity index (χ0v) is 18.9. The number of pyridine rings is 1. The molecule has 0 aliphatic carbocycles. The fraction of sp³-hybridized carbons (Fsp3) is 0.286. The summed E-state index contributed by atoms with van der Waals surface area (Å²) in [7, 11) is 2.05. The summed E-state index contributed by atoms with van der Waals surface area (Å²) in [6.07, 6.45) is 5.57. The molecule has 1 aromatic carbocycles. The number of hydrogen-bond acceptors (Lipinski definition) is 3. The summed E-state index contributed by atoms with van der Waals surface area (Å²) >= 11 is 0. The predicted molar refractivity (Wildman–Crippen MR) is 124 cm³/mol. The Balaban J connectivity index is 0.00000280. The fourth-order valence-electron chi connectivity index (χ4n) is 2.84. The minimum absolute atomic E-state index is 0. The largest absolute Gasteiger partial charge is 0.357 e.